The van der Waals surface area contributed by atoms with E-state index in [-0.39, 0.29) is 5.91 Å². The van der Waals surface area contributed by atoms with Gasteiger partial charge in [0.1, 0.15) is 10.7 Å². The van der Waals surface area contributed by atoms with E-state index in [1.165, 1.54) is 11.3 Å². The van der Waals surface area contributed by atoms with Crippen LogP contribution in [0.2, 0.25) is 0 Å². The Balaban J connectivity index is 1.48. The number of hydrogen-bond donors (Lipinski definition) is 0. The van der Waals surface area contributed by atoms with Crippen molar-refractivity contribution in [3.63, 3.8) is 0 Å². The summed E-state index contributed by atoms with van der Waals surface area (Å²) in [4.78, 5) is 30.9. The number of amides is 1. The predicted molar refractivity (Wildman–Crippen MR) is 122 cm³/mol. The number of rotatable bonds is 4. The van der Waals surface area contributed by atoms with Crippen LogP contribution in [0.1, 0.15) is 23.2 Å². The van der Waals surface area contributed by atoms with Gasteiger partial charge in [-0.05, 0) is 45.1 Å². The Labute approximate surface area is 185 Å². The SMILES string of the molecule is CN(C)C1CCN(C(=O)c2cc(-c3csc(-c4cnccn4)n3)n3ccccc23)CC1. The molecule has 4 aromatic rings. The molecule has 0 atom stereocenters. The number of pyridine rings is 1. The molecular formula is C23H24N6OS. The quantitative estimate of drug-likeness (QED) is 0.492. The van der Waals surface area contributed by atoms with Gasteiger partial charge in [0.15, 0.2) is 0 Å². The highest BCUT2D eigenvalue weighted by molar-refractivity contribution is 7.13. The molecule has 0 bridgehead atoms. The third-order valence-electron chi connectivity index (χ3n) is 5.94. The van der Waals surface area contributed by atoms with Crippen LogP contribution in [0.4, 0.5) is 0 Å². The Morgan fingerprint density at radius 3 is 2.74 bits per heavy atom. The zero-order valence-electron chi connectivity index (χ0n) is 17.6. The third-order valence-corrected chi connectivity index (χ3v) is 6.80. The lowest BCUT2D eigenvalue weighted by Crippen LogP contribution is -2.44. The highest BCUT2D eigenvalue weighted by atomic mass is 32.1. The summed E-state index contributed by atoms with van der Waals surface area (Å²) in [6, 6.07) is 8.47. The molecule has 31 heavy (non-hydrogen) atoms. The third kappa shape index (κ3) is 3.73. The van der Waals surface area contributed by atoms with E-state index in [1.54, 1.807) is 18.6 Å². The average Bonchev–Trinajstić information content (AvgIpc) is 3.44. The number of hydrogen-bond acceptors (Lipinski definition) is 6. The molecule has 4 aromatic heterocycles. The molecule has 0 N–H and O–H groups in total. The highest BCUT2D eigenvalue weighted by Crippen LogP contribution is 2.31. The summed E-state index contributed by atoms with van der Waals surface area (Å²) in [5.41, 5.74) is 4.13. The molecule has 0 spiro atoms. The molecule has 5 heterocycles. The van der Waals surface area contributed by atoms with E-state index < -0.39 is 0 Å². The normalized spacial score (nSPS) is 15.1. The van der Waals surface area contributed by atoms with Crippen LogP contribution in [0.15, 0.2) is 54.4 Å². The van der Waals surface area contributed by atoms with E-state index in [0.717, 1.165) is 59.1 Å². The predicted octanol–water partition coefficient (Wildman–Crippen LogP) is 3.69. The van der Waals surface area contributed by atoms with Crippen LogP contribution >= 0.6 is 11.3 Å². The number of thiazole rings is 1. The molecule has 158 valence electrons. The fraction of sp³-hybridized carbons (Fsp3) is 0.304. The molecule has 1 aliphatic rings. The maximum absolute atomic E-state index is 13.4. The first-order valence-corrected chi connectivity index (χ1v) is 11.3. The van der Waals surface area contributed by atoms with E-state index in [0.29, 0.717) is 6.04 Å². The van der Waals surface area contributed by atoms with Crippen LogP contribution in [0.25, 0.3) is 27.6 Å². The fourth-order valence-electron chi connectivity index (χ4n) is 4.20. The molecule has 1 aliphatic heterocycles. The summed E-state index contributed by atoms with van der Waals surface area (Å²) in [6.45, 7) is 1.57. The lowest BCUT2D eigenvalue weighted by Gasteiger charge is -2.35. The highest BCUT2D eigenvalue weighted by Gasteiger charge is 2.27. The van der Waals surface area contributed by atoms with E-state index in [4.69, 9.17) is 4.98 Å². The molecule has 5 rings (SSSR count). The van der Waals surface area contributed by atoms with Gasteiger partial charge in [-0.25, -0.2) is 4.98 Å². The number of piperidine rings is 1. The maximum Gasteiger partial charge on any atom is 0.256 e. The van der Waals surface area contributed by atoms with Crippen molar-refractivity contribution in [1.29, 1.82) is 0 Å². The van der Waals surface area contributed by atoms with Crippen molar-refractivity contribution in [3.05, 3.63) is 60.0 Å². The molecular weight excluding hydrogens is 408 g/mol. The van der Waals surface area contributed by atoms with Crippen molar-refractivity contribution in [2.45, 2.75) is 18.9 Å². The lowest BCUT2D eigenvalue weighted by molar-refractivity contribution is 0.0665. The Hall–Kier alpha value is -3.10. The summed E-state index contributed by atoms with van der Waals surface area (Å²) < 4.78 is 2.05. The van der Waals surface area contributed by atoms with Crippen molar-refractivity contribution in [2.24, 2.45) is 0 Å². The first kappa shape index (κ1) is 19.8. The van der Waals surface area contributed by atoms with Crippen LogP contribution in [-0.4, -0.2) is 68.3 Å². The number of aromatic nitrogens is 4. The molecule has 1 saturated heterocycles. The van der Waals surface area contributed by atoms with Gasteiger partial charge in [-0.15, -0.1) is 11.3 Å². The first-order valence-electron chi connectivity index (χ1n) is 10.4. The molecule has 0 aliphatic carbocycles. The Morgan fingerprint density at radius 2 is 2.00 bits per heavy atom. The lowest BCUT2D eigenvalue weighted by atomic mass is 10.0. The summed E-state index contributed by atoms with van der Waals surface area (Å²) in [5.74, 6) is 0.0940. The molecule has 7 nitrogen and oxygen atoms in total. The van der Waals surface area contributed by atoms with Crippen molar-refractivity contribution < 1.29 is 4.79 Å². The smallest absolute Gasteiger partial charge is 0.256 e. The van der Waals surface area contributed by atoms with Crippen molar-refractivity contribution in [1.82, 2.24) is 29.2 Å². The molecule has 0 unspecified atom stereocenters. The van der Waals surface area contributed by atoms with E-state index in [2.05, 4.69) is 33.4 Å². The fourth-order valence-corrected chi connectivity index (χ4v) is 4.97. The minimum atomic E-state index is 0.0940. The van der Waals surface area contributed by atoms with Gasteiger partial charge in [-0.3, -0.25) is 14.8 Å². The van der Waals surface area contributed by atoms with Gasteiger partial charge >= 0.3 is 0 Å². The standard InChI is InChI=1S/C23H24N6OS/c1-27(2)16-6-11-28(12-7-16)23(30)17-13-21(29-10-4-3-5-20(17)29)19-15-31-22(26-19)18-14-24-8-9-25-18/h3-5,8-10,13-16H,6-7,11-12H2,1-2H3. The van der Waals surface area contributed by atoms with Crippen LogP contribution < -0.4 is 0 Å². The molecule has 0 aromatic carbocycles. The molecule has 0 radical (unpaired) electrons. The number of likely N-dealkylation sites (tertiary alicyclic amines) is 1. The zero-order valence-corrected chi connectivity index (χ0v) is 18.4. The minimum absolute atomic E-state index is 0.0940. The second-order valence-corrected chi connectivity index (χ2v) is 8.87. The first-order chi connectivity index (χ1) is 15.1. The summed E-state index contributed by atoms with van der Waals surface area (Å²) in [5, 5.41) is 2.82. The topological polar surface area (TPSA) is 66.6 Å². The molecule has 0 saturated carbocycles. The van der Waals surface area contributed by atoms with Gasteiger partial charge in [0.25, 0.3) is 5.91 Å². The monoisotopic (exact) mass is 432 g/mol. The van der Waals surface area contributed by atoms with Gasteiger partial charge in [0.05, 0.1) is 28.7 Å². The summed E-state index contributed by atoms with van der Waals surface area (Å²) in [7, 11) is 4.22. The van der Waals surface area contributed by atoms with E-state index in [9.17, 15) is 4.79 Å². The van der Waals surface area contributed by atoms with E-state index >= 15 is 0 Å². The zero-order chi connectivity index (χ0) is 21.4. The van der Waals surface area contributed by atoms with Gasteiger partial charge in [-0.2, -0.15) is 0 Å². The Morgan fingerprint density at radius 1 is 1.16 bits per heavy atom. The van der Waals surface area contributed by atoms with Crippen LogP contribution in [0.5, 0.6) is 0 Å². The van der Waals surface area contributed by atoms with Crippen LogP contribution in [0.3, 0.4) is 0 Å². The van der Waals surface area contributed by atoms with Crippen LogP contribution in [0, 0.1) is 0 Å². The van der Waals surface area contributed by atoms with Crippen molar-refractivity contribution in [2.75, 3.05) is 27.2 Å². The largest absolute Gasteiger partial charge is 0.338 e. The number of carbonyl (C=O) groups is 1. The summed E-state index contributed by atoms with van der Waals surface area (Å²) in [6.07, 6.45) is 9.03. The molecule has 1 fully saturated rings. The van der Waals surface area contributed by atoms with Gasteiger partial charge in [-0.1, -0.05) is 6.07 Å². The van der Waals surface area contributed by atoms with Crippen molar-refractivity contribution in [3.8, 4) is 22.1 Å². The number of carbonyl (C=O) groups excluding carboxylic acids is 1. The van der Waals surface area contributed by atoms with Crippen LogP contribution in [-0.2, 0) is 0 Å². The summed E-state index contributed by atoms with van der Waals surface area (Å²) >= 11 is 1.53. The number of fused-ring (bicyclic) bond motifs is 1. The second kappa shape index (κ2) is 8.20. The average molecular weight is 433 g/mol. The van der Waals surface area contributed by atoms with Crippen molar-refractivity contribution >= 4 is 22.8 Å². The second-order valence-electron chi connectivity index (χ2n) is 8.01. The minimum Gasteiger partial charge on any atom is -0.338 e. The van der Waals surface area contributed by atoms with E-state index in [1.807, 2.05) is 40.7 Å². The Bertz CT molecular complexity index is 1210. The molecule has 1 amide bonds. The molecule has 8 heteroatoms. The Kier molecular flexibility index (Phi) is 5.25. The van der Waals surface area contributed by atoms with Gasteiger partial charge in [0.2, 0.25) is 0 Å². The number of nitrogens with zero attached hydrogens (tertiary/aromatic N) is 6. The van der Waals surface area contributed by atoms with Gasteiger partial charge in [0, 0.05) is 43.1 Å². The maximum atomic E-state index is 13.4. The van der Waals surface area contributed by atoms with Gasteiger partial charge < -0.3 is 14.2 Å².